The maximum Gasteiger partial charge on any atom is 0.405 e. The maximum absolute atomic E-state index is 12.5. The molecule has 1 heterocycles. The van der Waals surface area contributed by atoms with Gasteiger partial charge in [-0.2, -0.15) is 18.2 Å². The van der Waals surface area contributed by atoms with Crippen molar-refractivity contribution in [3.05, 3.63) is 10.7 Å². The van der Waals surface area contributed by atoms with E-state index < -0.39 is 12.7 Å². The van der Waals surface area contributed by atoms with Crippen LogP contribution in [0.25, 0.3) is 0 Å². The SMILES string of the molecule is CC(C)N(CC(F)(F)F)c1nc(N)ncc1Br. The molecule has 1 aromatic rings. The Labute approximate surface area is 105 Å². The number of aromatic nitrogens is 2. The molecule has 0 atom stereocenters. The van der Waals surface area contributed by atoms with E-state index in [-0.39, 0.29) is 17.8 Å². The normalized spacial score (nSPS) is 11.9. The Morgan fingerprint density at radius 1 is 1.47 bits per heavy atom. The molecule has 0 bridgehead atoms. The van der Waals surface area contributed by atoms with Gasteiger partial charge in [-0.25, -0.2) is 4.98 Å². The molecular weight excluding hydrogens is 301 g/mol. The monoisotopic (exact) mass is 312 g/mol. The molecule has 17 heavy (non-hydrogen) atoms. The van der Waals surface area contributed by atoms with Gasteiger partial charge in [-0.05, 0) is 29.8 Å². The van der Waals surface area contributed by atoms with Crippen LogP contribution >= 0.6 is 15.9 Å². The Morgan fingerprint density at radius 3 is 2.53 bits per heavy atom. The van der Waals surface area contributed by atoms with Gasteiger partial charge in [0.05, 0.1) is 4.47 Å². The van der Waals surface area contributed by atoms with Crippen LogP contribution in [-0.4, -0.2) is 28.7 Å². The van der Waals surface area contributed by atoms with Gasteiger partial charge in [0.1, 0.15) is 12.4 Å². The highest BCUT2D eigenvalue weighted by Crippen LogP contribution is 2.28. The Balaban J connectivity index is 3.10. The van der Waals surface area contributed by atoms with Crippen molar-refractivity contribution in [3.8, 4) is 0 Å². The highest BCUT2D eigenvalue weighted by molar-refractivity contribution is 9.10. The fraction of sp³-hybridized carbons (Fsp3) is 0.556. The average molecular weight is 313 g/mol. The zero-order chi connectivity index (χ0) is 13.2. The summed E-state index contributed by atoms with van der Waals surface area (Å²) in [6, 6.07) is -0.359. The van der Waals surface area contributed by atoms with Crippen molar-refractivity contribution in [2.75, 3.05) is 17.2 Å². The zero-order valence-electron chi connectivity index (χ0n) is 9.29. The molecule has 0 amide bonds. The number of rotatable bonds is 3. The summed E-state index contributed by atoms with van der Waals surface area (Å²) in [6.45, 7) is 2.21. The number of anilines is 2. The molecule has 0 aliphatic heterocycles. The van der Waals surface area contributed by atoms with Crippen molar-refractivity contribution in [3.63, 3.8) is 0 Å². The van der Waals surface area contributed by atoms with E-state index in [9.17, 15) is 13.2 Å². The van der Waals surface area contributed by atoms with E-state index in [2.05, 4.69) is 25.9 Å². The molecule has 0 saturated heterocycles. The van der Waals surface area contributed by atoms with Crippen molar-refractivity contribution in [1.29, 1.82) is 0 Å². The summed E-state index contributed by atoms with van der Waals surface area (Å²) in [7, 11) is 0. The molecule has 0 aliphatic rings. The van der Waals surface area contributed by atoms with Gasteiger partial charge in [0.25, 0.3) is 0 Å². The predicted octanol–water partition coefficient (Wildman–Crippen LogP) is 2.60. The number of hydrogen-bond donors (Lipinski definition) is 1. The van der Waals surface area contributed by atoms with Gasteiger partial charge in [0, 0.05) is 12.2 Å². The molecule has 0 aromatic carbocycles. The minimum atomic E-state index is -4.30. The van der Waals surface area contributed by atoms with Crippen LogP contribution in [0.5, 0.6) is 0 Å². The molecule has 4 nitrogen and oxygen atoms in total. The first-order valence-electron chi connectivity index (χ1n) is 4.82. The quantitative estimate of drug-likeness (QED) is 0.932. The second-order valence-corrected chi connectivity index (χ2v) is 4.59. The van der Waals surface area contributed by atoms with Gasteiger partial charge in [-0.15, -0.1) is 0 Å². The second kappa shape index (κ2) is 5.07. The third-order valence-electron chi connectivity index (χ3n) is 1.99. The van der Waals surface area contributed by atoms with Gasteiger partial charge in [-0.3, -0.25) is 0 Å². The average Bonchev–Trinajstić information content (AvgIpc) is 2.17. The summed E-state index contributed by atoms with van der Waals surface area (Å²) in [4.78, 5) is 8.63. The third-order valence-corrected chi connectivity index (χ3v) is 2.55. The van der Waals surface area contributed by atoms with E-state index in [1.165, 1.54) is 6.20 Å². The molecule has 96 valence electrons. The number of alkyl halides is 3. The van der Waals surface area contributed by atoms with Gasteiger partial charge in [0.2, 0.25) is 5.95 Å². The minimum Gasteiger partial charge on any atom is -0.368 e. The predicted molar refractivity (Wildman–Crippen MR) is 62.7 cm³/mol. The van der Waals surface area contributed by atoms with Crippen LogP contribution in [-0.2, 0) is 0 Å². The molecule has 1 aromatic heterocycles. The number of nitrogens with two attached hydrogens (primary N) is 1. The molecular formula is C9H12BrF3N4. The molecule has 2 N–H and O–H groups in total. The summed E-state index contributed by atoms with van der Waals surface area (Å²) < 4.78 is 37.7. The van der Waals surface area contributed by atoms with E-state index in [1.54, 1.807) is 13.8 Å². The fourth-order valence-electron chi connectivity index (χ4n) is 1.27. The van der Waals surface area contributed by atoms with Crippen molar-refractivity contribution < 1.29 is 13.2 Å². The standard InChI is InChI=1S/C9H12BrF3N4/c1-5(2)17(4-9(11,12)13)7-6(10)3-15-8(14)16-7/h3,5H,4H2,1-2H3,(H2,14,15,16). The number of hydrogen-bond acceptors (Lipinski definition) is 4. The lowest BCUT2D eigenvalue weighted by Crippen LogP contribution is -2.40. The van der Waals surface area contributed by atoms with E-state index in [0.717, 1.165) is 4.90 Å². The van der Waals surface area contributed by atoms with Crippen LogP contribution in [0.4, 0.5) is 24.9 Å². The van der Waals surface area contributed by atoms with E-state index >= 15 is 0 Å². The zero-order valence-corrected chi connectivity index (χ0v) is 10.9. The van der Waals surface area contributed by atoms with Gasteiger partial charge < -0.3 is 10.6 Å². The number of nitrogen functional groups attached to an aromatic ring is 1. The Bertz CT molecular complexity index is 394. The lowest BCUT2D eigenvalue weighted by molar-refractivity contribution is -0.120. The van der Waals surface area contributed by atoms with Crippen molar-refractivity contribution in [2.45, 2.75) is 26.1 Å². The smallest absolute Gasteiger partial charge is 0.368 e. The van der Waals surface area contributed by atoms with Crippen LogP contribution in [0.15, 0.2) is 10.7 Å². The molecule has 8 heteroatoms. The fourth-order valence-corrected chi connectivity index (χ4v) is 1.69. The summed E-state index contributed by atoms with van der Waals surface area (Å²) in [6.07, 6.45) is -2.97. The first kappa shape index (κ1) is 14.0. The Morgan fingerprint density at radius 2 is 2.06 bits per heavy atom. The highest BCUT2D eigenvalue weighted by atomic mass is 79.9. The van der Waals surface area contributed by atoms with Crippen molar-refractivity contribution in [1.82, 2.24) is 9.97 Å². The molecule has 1 rings (SSSR count). The second-order valence-electron chi connectivity index (χ2n) is 3.74. The van der Waals surface area contributed by atoms with E-state index in [0.29, 0.717) is 4.47 Å². The first-order chi connectivity index (χ1) is 7.70. The van der Waals surface area contributed by atoms with Crippen LogP contribution in [0.1, 0.15) is 13.8 Å². The Hall–Kier alpha value is -1.05. The third kappa shape index (κ3) is 4.03. The van der Waals surface area contributed by atoms with Gasteiger partial charge >= 0.3 is 6.18 Å². The van der Waals surface area contributed by atoms with Crippen LogP contribution in [0, 0.1) is 0 Å². The molecule has 0 unspecified atom stereocenters. The van der Waals surface area contributed by atoms with Crippen LogP contribution in [0.2, 0.25) is 0 Å². The van der Waals surface area contributed by atoms with E-state index in [4.69, 9.17) is 5.73 Å². The minimum absolute atomic E-state index is 0.0592. The topological polar surface area (TPSA) is 55.0 Å². The number of nitrogens with zero attached hydrogens (tertiary/aromatic N) is 3. The highest BCUT2D eigenvalue weighted by Gasteiger charge is 2.33. The summed E-state index contributed by atoms with van der Waals surface area (Å²) >= 11 is 3.12. The van der Waals surface area contributed by atoms with E-state index in [1.807, 2.05) is 0 Å². The summed E-state index contributed by atoms with van der Waals surface area (Å²) in [5.41, 5.74) is 5.38. The molecule has 0 aliphatic carbocycles. The largest absolute Gasteiger partial charge is 0.405 e. The lowest BCUT2D eigenvalue weighted by Gasteiger charge is -2.29. The van der Waals surface area contributed by atoms with Crippen LogP contribution in [0.3, 0.4) is 0 Å². The van der Waals surface area contributed by atoms with Crippen LogP contribution < -0.4 is 10.6 Å². The lowest BCUT2D eigenvalue weighted by atomic mass is 10.3. The molecule has 0 saturated carbocycles. The first-order valence-corrected chi connectivity index (χ1v) is 5.61. The molecule has 0 fully saturated rings. The van der Waals surface area contributed by atoms with Gasteiger partial charge in [-0.1, -0.05) is 0 Å². The molecule has 0 spiro atoms. The van der Waals surface area contributed by atoms with Crippen molar-refractivity contribution in [2.24, 2.45) is 0 Å². The molecule has 0 radical (unpaired) electrons. The summed E-state index contributed by atoms with van der Waals surface area (Å²) in [5, 5.41) is 0. The Kier molecular flexibility index (Phi) is 4.18. The summed E-state index contributed by atoms with van der Waals surface area (Å²) in [5.74, 6) is 0.0841. The van der Waals surface area contributed by atoms with Crippen molar-refractivity contribution >= 4 is 27.7 Å². The number of halogens is 4. The maximum atomic E-state index is 12.5. The van der Waals surface area contributed by atoms with Gasteiger partial charge in [0.15, 0.2) is 0 Å².